The van der Waals surface area contributed by atoms with Crippen molar-refractivity contribution in [3.8, 4) is 0 Å². The van der Waals surface area contributed by atoms with Crippen molar-refractivity contribution >= 4 is 23.0 Å². The number of nitro groups is 1. The number of nitrogens with one attached hydrogen (secondary N) is 2. The molecule has 1 aromatic rings. The van der Waals surface area contributed by atoms with Crippen molar-refractivity contribution in [1.29, 1.82) is 0 Å². The Morgan fingerprint density at radius 1 is 1.56 bits per heavy atom. The van der Waals surface area contributed by atoms with E-state index in [4.69, 9.17) is 11.6 Å². The van der Waals surface area contributed by atoms with Crippen molar-refractivity contribution in [3.05, 3.63) is 33.1 Å². The smallest absolute Gasteiger partial charge is 0.294 e. The van der Waals surface area contributed by atoms with Crippen LogP contribution in [-0.4, -0.2) is 24.1 Å². The Bertz CT molecular complexity index is 464. The molecule has 7 heteroatoms. The Hall–Kier alpha value is -1.40. The quantitative estimate of drug-likeness (QED) is 0.656. The van der Waals surface area contributed by atoms with Gasteiger partial charge in [-0.15, -0.1) is 0 Å². The highest BCUT2D eigenvalue weighted by molar-refractivity contribution is 6.31. The number of nitro benzene ring substituents is 1. The van der Waals surface area contributed by atoms with Gasteiger partial charge in [0.05, 0.1) is 9.95 Å². The molecule has 0 radical (unpaired) electrons. The van der Waals surface area contributed by atoms with Crippen LogP contribution in [0.4, 0.5) is 15.8 Å². The minimum Gasteiger partial charge on any atom is -0.375 e. The largest absolute Gasteiger partial charge is 0.375 e. The van der Waals surface area contributed by atoms with Crippen LogP contribution in [-0.2, 0) is 0 Å². The van der Waals surface area contributed by atoms with E-state index in [9.17, 15) is 14.5 Å². The van der Waals surface area contributed by atoms with E-state index in [2.05, 4.69) is 10.6 Å². The van der Waals surface area contributed by atoms with Gasteiger partial charge in [-0.2, -0.15) is 0 Å². The zero-order chi connectivity index (χ0) is 13.1. The molecule has 0 aromatic heterocycles. The number of piperidine rings is 1. The third-order valence-electron chi connectivity index (χ3n) is 2.89. The second kappa shape index (κ2) is 5.49. The van der Waals surface area contributed by atoms with Crippen LogP contribution in [0.3, 0.4) is 0 Å². The molecule has 1 fully saturated rings. The van der Waals surface area contributed by atoms with Crippen LogP contribution in [0.25, 0.3) is 0 Å². The summed E-state index contributed by atoms with van der Waals surface area (Å²) in [5.41, 5.74) is -0.0254. The molecule has 5 nitrogen and oxygen atoms in total. The lowest BCUT2D eigenvalue weighted by molar-refractivity contribution is -0.384. The summed E-state index contributed by atoms with van der Waals surface area (Å²) in [5, 5.41) is 16.8. The van der Waals surface area contributed by atoms with Crippen LogP contribution in [0.1, 0.15) is 12.8 Å². The molecule has 0 saturated carbocycles. The molecule has 1 atom stereocenters. The molecular weight excluding hydrogens is 261 g/mol. The van der Waals surface area contributed by atoms with Gasteiger partial charge in [-0.3, -0.25) is 10.1 Å². The van der Waals surface area contributed by atoms with Gasteiger partial charge in [0.1, 0.15) is 11.5 Å². The maximum atomic E-state index is 13.4. The van der Waals surface area contributed by atoms with Crippen molar-refractivity contribution in [3.63, 3.8) is 0 Å². The van der Waals surface area contributed by atoms with E-state index in [1.165, 1.54) is 0 Å². The molecule has 1 unspecified atom stereocenters. The molecule has 2 rings (SSSR count). The Kier molecular flexibility index (Phi) is 3.98. The van der Waals surface area contributed by atoms with Gasteiger partial charge in [0.15, 0.2) is 0 Å². The lowest BCUT2D eigenvalue weighted by Crippen LogP contribution is -2.38. The predicted octanol–water partition coefficient (Wildman–Crippen LogP) is 2.55. The zero-order valence-corrected chi connectivity index (χ0v) is 10.3. The van der Waals surface area contributed by atoms with Gasteiger partial charge in [0, 0.05) is 24.7 Å². The summed E-state index contributed by atoms with van der Waals surface area (Å²) in [7, 11) is 0. The van der Waals surface area contributed by atoms with Crippen molar-refractivity contribution in [2.75, 3.05) is 18.4 Å². The third-order valence-corrected chi connectivity index (χ3v) is 3.18. The first kappa shape index (κ1) is 13.0. The molecule has 1 saturated heterocycles. The maximum Gasteiger partial charge on any atom is 0.294 e. The fourth-order valence-electron chi connectivity index (χ4n) is 2.00. The van der Waals surface area contributed by atoms with E-state index in [-0.39, 0.29) is 22.4 Å². The van der Waals surface area contributed by atoms with Crippen molar-refractivity contribution in [1.82, 2.24) is 5.32 Å². The second-order valence-corrected chi connectivity index (χ2v) is 4.64. The summed E-state index contributed by atoms with van der Waals surface area (Å²) < 4.78 is 13.4. The Labute approximate surface area is 108 Å². The number of nitrogens with zero attached hydrogens (tertiary/aromatic N) is 1. The number of halogens is 2. The topological polar surface area (TPSA) is 67.2 Å². The van der Waals surface area contributed by atoms with Gasteiger partial charge in [-0.05, 0) is 19.4 Å². The van der Waals surface area contributed by atoms with Gasteiger partial charge in [0.2, 0.25) is 0 Å². The number of benzene rings is 1. The van der Waals surface area contributed by atoms with Gasteiger partial charge >= 0.3 is 0 Å². The minimum atomic E-state index is -0.659. The lowest BCUT2D eigenvalue weighted by atomic mass is 10.1. The molecule has 0 spiro atoms. The molecule has 2 N–H and O–H groups in total. The summed E-state index contributed by atoms with van der Waals surface area (Å²) in [4.78, 5) is 10.3. The van der Waals surface area contributed by atoms with E-state index < -0.39 is 10.7 Å². The molecule has 1 aliphatic heterocycles. The average molecular weight is 274 g/mol. The molecule has 0 aliphatic carbocycles. The van der Waals surface area contributed by atoms with E-state index in [1.54, 1.807) is 0 Å². The highest BCUT2D eigenvalue weighted by atomic mass is 35.5. The molecule has 1 heterocycles. The number of rotatable bonds is 3. The minimum absolute atomic E-state index is 0.0676. The lowest BCUT2D eigenvalue weighted by Gasteiger charge is -2.24. The Morgan fingerprint density at radius 2 is 2.33 bits per heavy atom. The fraction of sp³-hybridized carbons (Fsp3) is 0.455. The van der Waals surface area contributed by atoms with Gasteiger partial charge < -0.3 is 10.6 Å². The third kappa shape index (κ3) is 2.88. The second-order valence-electron chi connectivity index (χ2n) is 4.23. The van der Waals surface area contributed by atoms with E-state index >= 15 is 0 Å². The van der Waals surface area contributed by atoms with Crippen LogP contribution in [0.15, 0.2) is 12.1 Å². The molecule has 98 valence electrons. The fourth-order valence-corrected chi connectivity index (χ4v) is 2.16. The Balaban J connectivity index is 2.24. The zero-order valence-electron chi connectivity index (χ0n) is 9.58. The first-order chi connectivity index (χ1) is 8.58. The van der Waals surface area contributed by atoms with Gasteiger partial charge in [-0.1, -0.05) is 11.6 Å². The van der Waals surface area contributed by atoms with Crippen LogP contribution in [0.2, 0.25) is 5.02 Å². The predicted molar refractivity (Wildman–Crippen MR) is 67.6 cm³/mol. The van der Waals surface area contributed by atoms with Crippen LogP contribution in [0.5, 0.6) is 0 Å². The van der Waals surface area contributed by atoms with Crippen LogP contribution in [0, 0.1) is 15.9 Å². The molecular formula is C11H13ClFN3O2. The van der Waals surface area contributed by atoms with Crippen molar-refractivity contribution in [2.45, 2.75) is 18.9 Å². The van der Waals surface area contributed by atoms with Crippen LogP contribution < -0.4 is 10.6 Å². The highest BCUT2D eigenvalue weighted by Gasteiger charge is 2.21. The number of hydrogen-bond donors (Lipinski definition) is 2. The number of anilines is 1. The summed E-state index contributed by atoms with van der Waals surface area (Å²) in [5.74, 6) is -0.659. The van der Waals surface area contributed by atoms with E-state index in [0.717, 1.165) is 31.5 Å². The van der Waals surface area contributed by atoms with Gasteiger partial charge in [-0.25, -0.2) is 4.39 Å². The first-order valence-corrected chi connectivity index (χ1v) is 6.06. The molecule has 0 bridgehead atoms. The summed E-state index contributed by atoms with van der Waals surface area (Å²) >= 11 is 5.55. The summed E-state index contributed by atoms with van der Waals surface area (Å²) in [6.07, 6.45) is 1.88. The SMILES string of the molecule is O=[N+]([O-])c1cc(Cl)c(F)cc1NC1CCCNC1. The summed E-state index contributed by atoms with van der Waals surface area (Å²) in [6.45, 7) is 1.65. The molecule has 0 amide bonds. The van der Waals surface area contributed by atoms with E-state index in [0.29, 0.717) is 6.54 Å². The molecule has 18 heavy (non-hydrogen) atoms. The van der Waals surface area contributed by atoms with Crippen LogP contribution >= 0.6 is 11.6 Å². The monoisotopic (exact) mass is 273 g/mol. The number of hydrogen-bond acceptors (Lipinski definition) is 4. The molecule has 1 aromatic carbocycles. The summed E-state index contributed by atoms with van der Waals surface area (Å²) in [6, 6.07) is 2.18. The first-order valence-electron chi connectivity index (χ1n) is 5.68. The average Bonchev–Trinajstić information content (AvgIpc) is 2.34. The van der Waals surface area contributed by atoms with Crippen molar-refractivity contribution < 1.29 is 9.31 Å². The normalized spacial score (nSPS) is 19.6. The Morgan fingerprint density at radius 3 is 2.94 bits per heavy atom. The van der Waals surface area contributed by atoms with Gasteiger partial charge in [0.25, 0.3) is 5.69 Å². The maximum absolute atomic E-state index is 13.4. The highest BCUT2D eigenvalue weighted by Crippen LogP contribution is 2.31. The van der Waals surface area contributed by atoms with Crippen molar-refractivity contribution in [2.24, 2.45) is 0 Å². The van der Waals surface area contributed by atoms with E-state index in [1.807, 2.05) is 0 Å². The molecule has 1 aliphatic rings. The standard InChI is InChI=1S/C11H13ClFN3O2/c12-8-4-11(16(17)18)10(5-9(8)13)15-7-2-1-3-14-6-7/h4-5,7,14-15H,1-3,6H2.